The first-order valence-corrected chi connectivity index (χ1v) is 11.1. The molecule has 13 heteroatoms. The second kappa shape index (κ2) is 12.5. The number of methoxy groups -OCH3 is 1. The Kier molecular flexibility index (Phi) is 9.92. The van der Waals surface area contributed by atoms with Gasteiger partial charge in [0.25, 0.3) is 5.91 Å². The van der Waals surface area contributed by atoms with Gasteiger partial charge < -0.3 is 25.6 Å². The molecular weight excluding hydrogens is 517 g/mol. The van der Waals surface area contributed by atoms with Crippen LogP contribution in [-0.4, -0.2) is 53.2 Å². The maximum absolute atomic E-state index is 12.9. The number of carbonyl (C=O) groups excluding carboxylic acids is 1. The SMILES string of the molecule is COc1c(C)cc(C(=O)Nc2ccc(OCCN)c(-c3c(Cl)cnn3C)c2)cc1C.O=C(O)C(F)(F)F. The van der Waals surface area contributed by atoms with Crippen molar-refractivity contribution in [1.82, 2.24) is 9.78 Å². The van der Waals surface area contributed by atoms with Crippen molar-refractivity contribution in [2.45, 2.75) is 20.0 Å². The molecular formula is C24H26ClF3N4O5. The van der Waals surface area contributed by atoms with Crippen molar-refractivity contribution in [2.24, 2.45) is 12.8 Å². The summed E-state index contributed by atoms with van der Waals surface area (Å²) >= 11 is 6.34. The first kappa shape index (κ1) is 29.5. The minimum absolute atomic E-state index is 0.221. The molecule has 0 radical (unpaired) electrons. The number of rotatable bonds is 7. The predicted octanol–water partition coefficient (Wildman–Crippen LogP) is 4.59. The summed E-state index contributed by atoms with van der Waals surface area (Å²) in [6, 6.07) is 8.99. The Hall–Kier alpha value is -3.77. The van der Waals surface area contributed by atoms with Gasteiger partial charge in [0.05, 0.1) is 24.0 Å². The van der Waals surface area contributed by atoms with Crippen molar-refractivity contribution >= 4 is 29.2 Å². The van der Waals surface area contributed by atoms with E-state index in [2.05, 4.69) is 10.4 Å². The molecule has 9 nitrogen and oxygen atoms in total. The molecule has 3 rings (SSSR count). The van der Waals surface area contributed by atoms with Crippen LogP contribution < -0.4 is 20.5 Å². The number of anilines is 1. The van der Waals surface area contributed by atoms with Crippen LogP contribution in [0.2, 0.25) is 5.02 Å². The molecule has 0 saturated heterocycles. The summed E-state index contributed by atoms with van der Waals surface area (Å²) in [6.07, 6.45) is -3.52. The Balaban J connectivity index is 0.000000604. The monoisotopic (exact) mass is 542 g/mol. The summed E-state index contributed by atoms with van der Waals surface area (Å²) in [4.78, 5) is 21.8. The van der Waals surface area contributed by atoms with Crippen LogP contribution in [0.4, 0.5) is 18.9 Å². The third-order valence-electron chi connectivity index (χ3n) is 4.93. The van der Waals surface area contributed by atoms with Gasteiger partial charge >= 0.3 is 12.1 Å². The fraction of sp³-hybridized carbons (Fsp3) is 0.292. The van der Waals surface area contributed by atoms with E-state index in [-0.39, 0.29) is 5.91 Å². The summed E-state index contributed by atoms with van der Waals surface area (Å²) < 4.78 is 44.5. The molecule has 0 aliphatic carbocycles. The number of amides is 1. The summed E-state index contributed by atoms with van der Waals surface area (Å²) in [7, 11) is 3.41. The van der Waals surface area contributed by atoms with Gasteiger partial charge in [-0.1, -0.05) is 11.6 Å². The van der Waals surface area contributed by atoms with Crippen molar-refractivity contribution < 1.29 is 37.3 Å². The van der Waals surface area contributed by atoms with Gasteiger partial charge in [-0.3, -0.25) is 9.48 Å². The molecule has 4 N–H and O–H groups in total. The molecule has 37 heavy (non-hydrogen) atoms. The molecule has 0 saturated carbocycles. The molecule has 200 valence electrons. The van der Waals surface area contributed by atoms with Gasteiger partial charge in [-0.2, -0.15) is 18.3 Å². The number of benzene rings is 2. The van der Waals surface area contributed by atoms with Crippen LogP contribution in [0.15, 0.2) is 36.5 Å². The number of carbonyl (C=O) groups is 2. The lowest BCUT2D eigenvalue weighted by Crippen LogP contribution is -2.21. The van der Waals surface area contributed by atoms with Gasteiger partial charge in [0.15, 0.2) is 0 Å². The maximum Gasteiger partial charge on any atom is 0.490 e. The third-order valence-corrected chi connectivity index (χ3v) is 5.21. The van der Waals surface area contributed by atoms with E-state index in [0.29, 0.717) is 46.4 Å². The summed E-state index contributed by atoms with van der Waals surface area (Å²) in [5.74, 6) is -1.59. The summed E-state index contributed by atoms with van der Waals surface area (Å²) in [5.41, 5.74) is 9.94. The number of hydrogen-bond donors (Lipinski definition) is 3. The molecule has 0 spiro atoms. The van der Waals surface area contributed by atoms with Gasteiger partial charge in [0.2, 0.25) is 0 Å². The Labute approximate surface area is 215 Å². The average Bonchev–Trinajstić information content (AvgIpc) is 3.15. The van der Waals surface area contributed by atoms with Crippen LogP contribution in [0.5, 0.6) is 11.5 Å². The van der Waals surface area contributed by atoms with Gasteiger partial charge in [-0.05, 0) is 55.3 Å². The quantitative estimate of drug-likeness (QED) is 0.398. The zero-order valence-corrected chi connectivity index (χ0v) is 21.2. The number of nitrogens with two attached hydrogens (primary N) is 1. The number of carboxylic acids is 1. The molecule has 0 atom stereocenters. The van der Waals surface area contributed by atoms with E-state index in [1.807, 2.05) is 19.9 Å². The van der Waals surface area contributed by atoms with Crippen molar-refractivity contribution in [3.05, 3.63) is 58.2 Å². The first-order chi connectivity index (χ1) is 17.3. The number of halogens is 4. The second-order valence-corrected chi connectivity index (χ2v) is 8.12. The van der Waals surface area contributed by atoms with Crippen molar-refractivity contribution in [3.8, 4) is 22.8 Å². The number of aliphatic carboxylic acids is 1. The lowest BCUT2D eigenvalue weighted by Gasteiger charge is -2.15. The summed E-state index contributed by atoms with van der Waals surface area (Å²) in [5, 5.41) is 14.7. The number of nitrogens with one attached hydrogen (secondary N) is 1. The largest absolute Gasteiger partial charge is 0.496 e. The molecule has 0 aliphatic rings. The number of hydrogen-bond acceptors (Lipinski definition) is 6. The second-order valence-electron chi connectivity index (χ2n) is 7.71. The van der Waals surface area contributed by atoms with Crippen LogP contribution >= 0.6 is 11.6 Å². The maximum atomic E-state index is 12.9. The van der Waals surface area contributed by atoms with Crippen LogP contribution in [0.25, 0.3) is 11.3 Å². The highest BCUT2D eigenvalue weighted by atomic mass is 35.5. The van der Waals surface area contributed by atoms with Crippen LogP contribution in [-0.2, 0) is 11.8 Å². The predicted molar refractivity (Wildman–Crippen MR) is 132 cm³/mol. The van der Waals surface area contributed by atoms with Crippen LogP contribution in [0, 0.1) is 13.8 Å². The molecule has 1 heterocycles. The third kappa shape index (κ3) is 7.61. The Morgan fingerprint density at radius 2 is 1.78 bits per heavy atom. The smallest absolute Gasteiger partial charge is 0.490 e. The van der Waals surface area contributed by atoms with E-state index in [0.717, 1.165) is 16.9 Å². The topological polar surface area (TPSA) is 129 Å². The van der Waals surface area contributed by atoms with Gasteiger partial charge in [0, 0.05) is 30.4 Å². The lowest BCUT2D eigenvalue weighted by atomic mass is 10.0. The van der Waals surface area contributed by atoms with Crippen molar-refractivity contribution in [1.29, 1.82) is 0 Å². The van der Waals surface area contributed by atoms with E-state index in [1.54, 1.807) is 49.3 Å². The number of aromatic nitrogens is 2. The fourth-order valence-electron chi connectivity index (χ4n) is 3.41. The molecule has 0 fully saturated rings. The normalized spacial score (nSPS) is 10.8. The highest BCUT2D eigenvalue weighted by molar-refractivity contribution is 6.33. The van der Waals surface area contributed by atoms with E-state index in [9.17, 15) is 18.0 Å². The van der Waals surface area contributed by atoms with Crippen LogP contribution in [0.1, 0.15) is 21.5 Å². The molecule has 1 amide bonds. The standard InChI is InChI=1S/C22H25ClN4O3.C2HF3O2/c1-13-9-15(10-14(2)21(13)29-4)22(28)26-16-5-6-19(30-8-7-24)17(11-16)20-18(23)12-25-27(20)3;3-2(4,5)1(6)7/h5-6,9-12H,7-8,24H2,1-4H3,(H,26,28);(H,6,7). The van der Waals surface area contributed by atoms with E-state index in [1.165, 1.54) is 0 Å². The minimum Gasteiger partial charge on any atom is -0.496 e. The molecule has 1 aromatic heterocycles. The van der Waals surface area contributed by atoms with Gasteiger partial charge in [-0.15, -0.1) is 0 Å². The fourth-order valence-corrected chi connectivity index (χ4v) is 3.68. The number of nitrogens with zero attached hydrogens (tertiary/aromatic N) is 2. The molecule has 3 aromatic rings. The van der Waals surface area contributed by atoms with Crippen molar-refractivity contribution in [2.75, 3.05) is 25.6 Å². The Bertz CT molecular complexity index is 1240. The number of aryl methyl sites for hydroxylation is 3. The molecule has 2 aromatic carbocycles. The summed E-state index contributed by atoms with van der Waals surface area (Å²) in [6.45, 7) is 4.56. The highest BCUT2D eigenvalue weighted by Crippen LogP contribution is 2.36. The molecule has 0 unspecified atom stereocenters. The highest BCUT2D eigenvalue weighted by Gasteiger charge is 2.38. The van der Waals surface area contributed by atoms with Crippen molar-refractivity contribution in [3.63, 3.8) is 0 Å². The van der Waals surface area contributed by atoms with Crippen LogP contribution in [0.3, 0.4) is 0 Å². The zero-order valence-electron chi connectivity index (χ0n) is 20.4. The first-order valence-electron chi connectivity index (χ1n) is 10.7. The average molecular weight is 543 g/mol. The zero-order chi connectivity index (χ0) is 27.9. The molecule has 0 aliphatic heterocycles. The number of carboxylic acid groups (broad SMARTS) is 1. The number of alkyl halides is 3. The van der Waals surface area contributed by atoms with E-state index in [4.69, 9.17) is 36.7 Å². The minimum atomic E-state index is -5.08. The number of ether oxygens (including phenoxy) is 2. The van der Waals surface area contributed by atoms with E-state index < -0.39 is 12.1 Å². The Morgan fingerprint density at radius 1 is 1.19 bits per heavy atom. The van der Waals surface area contributed by atoms with E-state index >= 15 is 0 Å². The van der Waals surface area contributed by atoms with Gasteiger partial charge in [0.1, 0.15) is 18.1 Å². The Morgan fingerprint density at radius 3 is 2.24 bits per heavy atom. The lowest BCUT2D eigenvalue weighted by molar-refractivity contribution is -0.192. The molecule has 0 bridgehead atoms. The van der Waals surface area contributed by atoms with Gasteiger partial charge in [-0.25, -0.2) is 4.79 Å².